The summed E-state index contributed by atoms with van der Waals surface area (Å²) in [4.78, 5) is 51.4. The Balaban J connectivity index is 1.51. The number of anilines is 1. The van der Waals surface area contributed by atoms with Crippen molar-refractivity contribution in [3.63, 3.8) is 0 Å². The van der Waals surface area contributed by atoms with E-state index in [1.165, 1.54) is 6.07 Å². The van der Waals surface area contributed by atoms with E-state index in [4.69, 9.17) is 0 Å². The van der Waals surface area contributed by atoms with Gasteiger partial charge < -0.3 is 10.2 Å². The van der Waals surface area contributed by atoms with Crippen molar-refractivity contribution in [2.75, 3.05) is 18.0 Å². The summed E-state index contributed by atoms with van der Waals surface area (Å²) in [7, 11) is 0. The molecule has 8 nitrogen and oxygen atoms in total. The van der Waals surface area contributed by atoms with Crippen LogP contribution in [-0.4, -0.2) is 60.0 Å². The van der Waals surface area contributed by atoms with Crippen molar-refractivity contribution in [3.8, 4) is 0 Å². The first-order valence-corrected chi connectivity index (χ1v) is 10.4. The molecule has 9 heteroatoms. The van der Waals surface area contributed by atoms with Crippen LogP contribution in [0.4, 0.5) is 10.1 Å². The van der Waals surface area contributed by atoms with Crippen LogP contribution in [0.15, 0.2) is 12.1 Å². The van der Waals surface area contributed by atoms with E-state index in [2.05, 4.69) is 15.5 Å². The number of nitrogens with zero attached hydrogens (tertiary/aromatic N) is 2. The molecule has 5 aliphatic rings. The minimum atomic E-state index is -1.14. The fourth-order valence-electron chi connectivity index (χ4n) is 5.40. The topological polar surface area (TPSA) is 98.8 Å². The molecular formula is C21H23FN4O4. The van der Waals surface area contributed by atoms with Crippen LogP contribution in [0.1, 0.15) is 42.9 Å². The lowest BCUT2D eigenvalue weighted by Gasteiger charge is -2.47. The molecule has 4 fully saturated rings. The van der Waals surface area contributed by atoms with Gasteiger partial charge in [-0.2, -0.15) is 0 Å². The molecular weight excluding hydrogens is 391 g/mol. The SMILES string of the molecule is O=CC(=O)C1c2c(F)cc(N3CC4CCC3CN4)cc2CN1C1CCC(=O)NC1=O. The summed E-state index contributed by atoms with van der Waals surface area (Å²) in [6.45, 7) is 1.84. The Morgan fingerprint density at radius 2 is 2.03 bits per heavy atom. The monoisotopic (exact) mass is 414 g/mol. The van der Waals surface area contributed by atoms with Crippen LogP contribution in [0.3, 0.4) is 0 Å². The standard InChI is InChI=1S/C21H23FN4O4/c22-15-6-14(25-9-12-1-2-13(25)7-23-12)5-11-8-26(20(19(11)15)17(28)10-27)16-3-4-18(29)24-21(16)30/h5-6,10,12-13,16,20,23H,1-4,7-9H2,(H,24,29,30). The fraction of sp³-hybridized carbons (Fsp3) is 0.524. The van der Waals surface area contributed by atoms with Crippen molar-refractivity contribution < 1.29 is 23.6 Å². The number of fused-ring (bicyclic) bond motifs is 4. The van der Waals surface area contributed by atoms with Crippen molar-refractivity contribution in [1.29, 1.82) is 0 Å². The predicted molar refractivity (Wildman–Crippen MR) is 104 cm³/mol. The van der Waals surface area contributed by atoms with Gasteiger partial charge >= 0.3 is 0 Å². The molecule has 4 unspecified atom stereocenters. The quantitative estimate of drug-likeness (QED) is 0.412. The number of piperazine rings is 1. The number of amides is 2. The summed E-state index contributed by atoms with van der Waals surface area (Å²) in [5, 5.41) is 5.75. The number of rotatable bonds is 4. The minimum absolute atomic E-state index is 0.142. The molecule has 0 spiro atoms. The molecule has 0 radical (unpaired) electrons. The van der Waals surface area contributed by atoms with E-state index in [1.54, 1.807) is 4.90 Å². The zero-order valence-electron chi connectivity index (χ0n) is 16.4. The highest BCUT2D eigenvalue weighted by atomic mass is 19.1. The van der Waals surface area contributed by atoms with Gasteiger partial charge in [-0.25, -0.2) is 4.39 Å². The van der Waals surface area contributed by atoms with E-state index in [0.29, 0.717) is 17.6 Å². The maximum atomic E-state index is 15.3. The lowest BCUT2D eigenvalue weighted by Crippen LogP contribution is -2.61. The average molecular weight is 414 g/mol. The van der Waals surface area contributed by atoms with Gasteiger partial charge in [0.05, 0.1) is 6.04 Å². The zero-order valence-corrected chi connectivity index (χ0v) is 16.4. The van der Waals surface area contributed by atoms with Crippen molar-refractivity contribution in [1.82, 2.24) is 15.5 Å². The number of carbonyl (C=O) groups excluding carboxylic acids is 4. The molecule has 4 atom stereocenters. The molecule has 0 aliphatic carbocycles. The first-order chi connectivity index (χ1) is 14.5. The van der Waals surface area contributed by atoms with Crippen LogP contribution in [0.25, 0.3) is 0 Å². The Morgan fingerprint density at radius 3 is 2.67 bits per heavy atom. The molecule has 158 valence electrons. The third-order valence-electron chi connectivity index (χ3n) is 6.83. The zero-order chi connectivity index (χ0) is 21.0. The summed E-state index contributed by atoms with van der Waals surface area (Å²) < 4.78 is 15.3. The van der Waals surface area contributed by atoms with Crippen molar-refractivity contribution >= 4 is 29.6 Å². The molecule has 2 N–H and O–H groups in total. The van der Waals surface area contributed by atoms with E-state index in [9.17, 15) is 19.2 Å². The maximum absolute atomic E-state index is 15.3. The minimum Gasteiger partial charge on any atom is -0.366 e. The molecule has 5 aliphatic heterocycles. The number of piperidine rings is 3. The lowest BCUT2D eigenvalue weighted by molar-refractivity contribution is -0.141. The second kappa shape index (κ2) is 7.24. The summed E-state index contributed by atoms with van der Waals surface area (Å²) in [6, 6.07) is 2.11. The summed E-state index contributed by atoms with van der Waals surface area (Å²) >= 11 is 0. The number of ketones is 1. The molecule has 5 heterocycles. The molecule has 6 rings (SSSR count). The van der Waals surface area contributed by atoms with Crippen LogP contribution < -0.4 is 15.5 Å². The van der Waals surface area contributed by atoms with Gasteiger partial charge in [0.1, 0.15) is 11.9 Å². The smallest absolute Gasteiger partial charge is 0.243 e. The van der Waals surface area contributed by atoms with Crippen molar-refractivity contribution in [2.45, 2.75) is 56.4 Å². The highest BCUT2D eigenvalue weighted by molar-refractivity contribution is 6.27. The number of Topliss-reactive ketones (excluding diaryl/α,β-unsaturated/α-hetero) is 1. The Morgan fingerprint density at radius 1 is 1.20 bits per heavy atom. The van der Waals surface area contributed by atoms with Crippen LogP contribution in [0.2, 0.25) is 0 Å². The predicted octanol–water partition coefficient (Wildman–Crippen LogP) is 0.196. The van der Waals surface area contributed by atoms with Gasteiger partial charge in [0, 0.05) is 49.4 Å². The van der Waals surface area contributed by atoms with E-state index in [-0.39, 0.29) is 37.1 Å². The molecule has 2 amide bonds. The van der Waals surface area contributed by atoms with Gasteiger partial charge in [-0.1, -0.05) is 0 Å². The van der Waals surface area contributed by atoms with E-state index in [1.807, 2.05) is 6.07 Å². The normalized spacial score (nSPS) is 30.9. The van der Waals surface area contributed by atoms with Crippen LogP contribution in [0.5, 0.6) is 0 Å². The number of aldehydes is 1. The van der Waals surface area contributed by atoms with Crippen molar-refractivity contribution in [3.05, 3.63) is 29.1 Å². The first-order valence-electron chi connectivity index (χ1n) is 10.4. The van der Waals surface area contributed by atoms with E-state index < -0.39 is 29.6 Å². The molecule has 4 saturated heterocycles. The number of hydrogen-bond acceptors (Lipinski definition) is 7. The second-order valence-electron chi connectivity index (χ2n) is 8.55. The third-order valence-corrected chi connectivity index (χ3v) is 6.83. The first kappa shape index (κ1) is 19.3. The lowest BCUT2D eigenvalue weighted by atomic mass is 9.91. The Bertz CT molecular complexity index is 943. The van der Waals surface area contributed by atoms with Gasteiger partial charge in [0.2, 0.25) is 17.6 Å². The fourth-order valence-corrected chi connectivity index (χ4v) is 5.40. The molecule has 1 aromatic rings. The summed E-state index contributed by atoms with van der Waals surface area (Å²) in [5.74, 6) is -2.20. The van der Waals surface area contributed by atoms with E-state index >= 15 is 4.39 Å². The van der Waals surface area contributed by atoms with Gasteiger partial charge in [-0.05, 0) is 37.0 Å². The van der Waals surface area contributed by atoms with Crippen LogP contribution >= 0.6 is 0 Å². The van der Waals surface area contributed by atoms with Gasteiger partial charge in [-0.3, -0.25) is 29.4 Å². The van der Waals surface area contributed by atoms with Gasteiger partial charge in [0.25, 0.3) is 0 Å². The molecule has 0 saturated carbocycles. The molecule has 0 aromatic heterocycles. The Labute approximate surface area is 172 Å². The van der Waals surface area contributed by atoms with Crippen molar-refractivity contribution in [2.24, 2.45) is 0 Å². The number of hydrogen-bond donors (Lipinski definition) is 2. The third kappa shape index (κ3) is 3.04. The highest BCUT2D eigenvalue weighted by Crippen LogP contribution is 2.41. The van der Waals surface area contributed by atoms with Gasteiger partial charge in [0.15, 0.2) is 6.29 Å². The maximum Gasteiger partial charge on any atom is 0.243 e. The molecule has 1 aromatic carbocycles. The summed E-state index contributed by atoms with van der Waals surface area (Å²) in [6.07, 6.45) is 2.71. The molecule has 30 heavy (non-hydrogen) atoms. The van der Waals surface area contributed by atoms with Gasteiger partial charge in [-0.15, -0.1) is 0 Å². The number of nitrogens with one attached hydrogen (secondary N) is 2. The van der Waals surface area contributed by atoms with E-state index in [0.717, 1.165) is 31.6 Å². The largest absolute Gasteiger partial charge is 0.366 e. The Kier molecular flexibility index (Phi) is 4.67. The molecule has 2 bridgehead atoms. The Hall–Kier alpha value is -2.65. The second-order valence-corrected chi connectivity index (χ2v) is 8.55. The van der Waals surface area contributed by atoms with Crippen LogP contribution in [0, 0.1) is 5.82 Å². The van der Waals surface area contributed by atoms with Crippen LogP contribution in [-0.2, 0) is 25.7 Å². The highest BCUT2D eigenvalue weighted by Gasteiger charge is 2.45. The number of imide groups is 1. The average Bonchev–Trinajstić information content (AvgIpc) is 3.13. The number of carbonyl (C=O) groups is 4. The summed E-state index contributed by atoms with van der Waals surface area (Å²) in [5.41, 5.74) is 1.55. The number of benzene rings is 1. The number of halogens is 1.